The van der Waals surface area contributed by atoms with Gasteiger partial charge >= 0.3 is 0 Å². The highest BCUT2D eigenvalue weighted by atomic mass is 32.2. The second-order valence-electron chi connectivity index (χ2n) is 5.98. The smallest absolute Gasteiger partial charge is 0.234 e. The summed E-state index contributed by atoms with van der Waals surface area (Å²) in [5, 5.41) is 12.0. The SMILES string of the molecule is COc1ccc(NC(=O)CSc2ccc(-c3ccccc3C)nn2)cc1OC. The zero-order valence-electron chi connectivity index (χ0n) is 15.9. The molecule has 1 amide bonds. The maximum absolute atomic E-state index is 12.2. The van der Waals surface area contributed by atoms with Crippen molar-refractivity contribution in [3.8, 4) is 22.8 Å². The van der Waals surface area contributed by atoms with Gasteiger partial charge in [-0.15, -0.1) is 10.2 Å². The third-order valence-electron chi connectivity index (χ3n) is 4.08. The fourth-order valence-corrected chi connectivity index (χ4v) is 3.27. The molecule has 0 spiro atoms. The van der Waals surface area contributed by atoms with Gasteiger partial charge in [-0.3, -0.25) is 4.79 Å². The summed E-state index contributed by atoms with van der Waals surface area (Å²) >= 11 is 1.33. The second-order valence-corrected chi connectivity index (χ2v) is 6.97. The normalized spacial score (nSPS) is 10.4. The number of benzene rings is 2. The lowest BCUT2D eigenvalue weighted by Crippen LogP contribution is -2.14. The number of hydrogen-bond donors (Lipinski definition) is 1. The molecule has 0 aliphatic carbocycles. The Labute approximate surface area is 168 Å². The predicted molar refractivity (Wildman–Crippen MR) is 111 cm³/mol. The highest BCUT2D eigenvalue weighted by molar-refractivity contribution is 7.99. The maximum Gasteiger partial charge on any atom is 0.234 e. The molecule has 3 rings (SSSR count). The lowest BCUT2D eigenvalue weighted by Gasteiger charge is -2.10. The van der Waals surface area contributed by atoms with Crippen LogP contribution in [-0.4, -0.2) is 36.1 Å². The first kappa shape index (κ1) is 19.7. The van der Waals surface area contributed by atoms with Gasteiger partial charge in [0.2, 0.25) is 5.91 Å². The van der Waals surface area contributed by atoms with E-state index in [4.69, 9.17) is 9.47 Å². The van der Waals surface area contributed by atoms with Gasteiger partial charge in [0.25, 0.3) is 0 Å². The molecule has 3 aromatic rings. The van der Waals surface area contributed by atoms with Crippen LogP contribution < -0.4 is 14.8 Å². The number of nitrogens with zero attached hydrogens (tertiary/aromatic N) is 2. The van der Waals surface area contributed by atoms with Crippen molar-refractivity contribution in [2.75, 3.05) is 25.3 Å². The number of ether oxygens (including phenoxy) is 2. The molecule has 6 nitrogen and oxygen atoms in total. The summed E-state index contributed by atoms with van der Waals surface area (Å²) in [6, 6.07) is 17.1. The van der Waals surface area contributed by atoms with Crippen LogP contribution in [0.15, 0.2) is 59.6 Å². The molecule has 1 N–H and O–H groups in total. The number of aromatic nitrogens is 2. The first-order valence-electron chi connectivity index (χ1n) is 8.65. The summed E-state index contributed by atoms with van der Waals surface area (Å²) in [6.07, 6.45) is 0. The van der Waals surface area contributed by atoms with Crippen LogP contribution in [0.25, 0.3) is 11.3 Å². The van der Waals surface area contributed by atoms with Gasteiger partial charge in [0.05, 0.1) is 25.7 Å². The Morgan fingerprint density at radius 1 is 1.00 bits per heavy atom. The minimum absolute atomic E-state index is 0.137. The van der Waals surface area contributed by atoms with Gasteiger partial charge in [0, 0.05) is 17.3 Å². The number of methoxy groups -OCH3 is 2. The molecular weight excluding hydrogens is 374 g/mol. The quantitative estimate of drug-likeness (QED) is 0.605. The van der Waals surface area contributed by atoms with Crippen LogP contribution in [0.3, 0.4) is 0 Å². The molecule has 1 aromatic heterocycles. The van der Waals surface area contributed by atoms with Crippen LogP contribution in [0, 0.1) is 6.92 Å². The molecule has 7 heteroatoms. The average molecular weight is 395 g/mol. The number of carbonyl (C=O) groups is 1. The Hall–Kier alpha value is -3.06. The van der Waals surface area contributed by atoms with Crippen LogP contribution in [-0.2, 0) is 4.79 Å². The number of carbonyl (C=O) groups excluding carboxylic acids is 1. The van der Waals surface area contributed by atoms with E-state index in [9.17, 15) is 4.79 Å². The summed E-state index contributed by atoms with van der Waals surface area (Å²) in [5.41, 5.74) is 3.66. The van der Waals surface area contributed by atoms with Crippen LogP contribution >= 0.6 is 11.8 Å². The van der Waals surface area contributed by atoms with Crippen molar-refractivity contribution < 1.29 is 14.3 Å². The summed E-state index contributed by atoms with van der Waals surface area (Å²) in [6.45, 7) is 2.04. The molecule has 2 aromatic carbocycles. The second kappa shape index (κ2) is 9.23. The van der Waals surface area contributed by atoms with E-state index >= 15 is 0 Å². The minimum atomic E-state index is -0.137. The number of aryl methyl sites for hydroxylation is 1. The lowest BCUT2D eigenvalue weighted by atomic mass is 10.1. The van der Waals surface area contributed by atoms with Crippen LogP contribution in [0.4, 0.5) is 5.69 Å². The van der Waals surface area contributed by atoms with E-state index in [2.05, 4.69) is 15.5 Å². The predicted octanol–water partition coefficient (Wildman–Crippen LogP) is 4.20. The topological polar surface area (TPSA) is 73.3 Å². The fraction of sp³-hybridized carbons (Fsp3) is 0.190. The molecule has 0 aliphatic rings. The molecule has 144 valence electrons. The Morgan fingerprint density at radius 3 is 2.46 bits per heavy atom. The average Bonchev–Trinajstić information content (AvgIpc) is 2.73. The van der Waals surface area contributed by atoms with E-state index in [1.165, 1.54) is 11.8 Å². The van der Waals surface area contributed by atoms with E-state index in [1.54, 1.807) is 32.4 Å². The highest BCUT2D eigenvalue weighted by Gasteiger charge is 2.09. The molecule has 0 saturated heterocycles. The van der Waals surface area contributed by atoms with Crippen LogP contribution in [0.2, 0.25) is 0 Å². The zero-order chi connectivity index (χ0) is 19.9. The van der Waals surface area contributed by atoms with Crippen molar-refractivity contribution in [3.63, 3.8) is 0 Å². The van der Waals surface area contributed by atoms with Crippen molar-refractivity contribution in [1.29, 1.82) is 0 Å². The third-order valence-corrected chi connectivity index (χ3v) is 5.00. The molecule has 0 radical (unpaired) electrons. The van der Waals surface area contributed by atoms with Crippen molar-refractivity contribution >= 4 is 23.4 Å². The number of nitrogens with one attached hydrogen (secondary N) is 1. The van der Waals surface area contributed by atoms with Crippen LogP contribution in [0.5, 0.6) is 11.5 Å². The van der Waals surface area contributed by atoms with Gasteiger partial charge in [-0.1, -0.05) is 36.0 Å². The Bertz CT molecular complexity index is 961. The van der Waals surface area contributed by atoms with Crippen LogP contribution in [0.1, 0.15) is 5.56 Å². The van der Waals surface area contributed by atoms with Crippen molar-refractivity contribution in [1.82, 2.24) is 10.2 Å². The van der Waals surface area contributed by atoms with Gasteiger partial charge in [-0.05, 0) is 36.8 Å². The number of anilines is 1. The Morgan fingerprint density at radius 2 is 1.79 bits per heavy atom. The number of thioether (sulfide) groups is 1. The first-order chi connectivity index (χ1) is 13.6. The number of amides is 1. The zero-order valence-corrected chi connectivity index (χ0v) is 16.7. The Kier molecular flexibility index (Phi) is 6.49. The number of rotatable bonds is 7. The van der Waals surface area contributed by atoms with E-state index in [1.807, 2.05) is 43.3 Å². The van der Waals surface area contributed by atoms with E-state index in [-0.39, 0.29) is 11.7 Å². The molecule has 0 atom stereocenters. The molecule has 0 aliphatic heterocycles. The molecule has 0 saturated carbocycles. The summed E-state index contributed by atoms with van der Waals surface area (Å²) in [4.78, 5) is 12.2. The highest BCUT2D eigenvalue weighted by Crippen LogP contribution is 2.30. The standard InChI is InChI=1S/C21H21N3O3S/c1-14-6-4-5-7-16(14)17-9-11-21(24-23-17)28-13-20(25)22-15-8-10-18(26-2)19(12-15)27-3/h4-12H,13H2,1-3H3,(H,22,25). The van der Waals surface area contributed by atoms with Gasteiger partial charge in [0.15, 0.2) is 11.5 Å². The van der Waals surface area contributed by atoms with Gasteiger partial charge in [0.1, 0.15) is 5.03 Å². The number of hydrogen-bond acceptors (Lipinski definition) is 6. The molecule has 0 bridgehead atoms. The molecule has 28 heavy (non-hydrogen) atoms. The van der Waals surface area contributed by atoms with Gasteiger partial charge < -0.3 is 14.8 Å². The summed E-state index contributed by atoms with van der Waals surface area (Å²) in [5.74, 6) is 1.26. The van der Waals surface area contributed by atoms with Crippen molar-refractivity contribution in [3.05, 3.63) is 60.2 Å². The van der Waals surface area contributed by atoms with Gasteiger partial charge in [-0.25, -0.2) is 0 Å². The summed E-state index contributed by atoms with van der Waals surface area (Å²) in [7, 11) is 3.12. The summed E-state index contributed by atoms with van der Waals surface area (Å²) < 4.78 is 10.4. The van der Waals surface area contributed by atoms with E-state index < -0.39 is 0 Å². The largest absolute Gasteiger partial charge is 0.493 e. The molecule has 0 unspecified atom stereocenters. The fourth-order valence-electron chi connectivity index (χ4n) is 2.65. The lowest BCUT2D eigenvalue weighted by molar-refractivity contribution is -0.113. The van der Waals surface area contributed by atoms with Crippen molar-refractivity contribution in [2.45, 2.75) is 11.9 Å². The molecule has 0 fully saturated rings. The molecule has 1 heterocycles. The monoisotopic (exact) mass is 395 g/mol. The van der Waals surface area contributed by atoms with Crippen molar-refractivity contribution in [2.24, 2.45) is 0 Å². The van der Waals surface area contributed by atoms with E-state index in [0.717, 1.165) is 16.8 Å². The van der Waals surface area contributed by atoms with E-state index in [0.29, 0.717) is 22.2 Å². The first-order valence-corrected chi connectivity index (χ1v) is 9.63. The minimum Gasteiger partial charge on any atom is -0.493 e. The maximum atomic E-state index is 12.2. The third kappa shape index (κ3) is 4.80. The van der Waals surface area contributed by atoms with Gasteiger partial charge in [-0.2, -0.15) is 0 Å². The molecular formula is C21H21N3O3S. The Balaban J connectivity index is 1.58.